The van der Waals surface area contributed by atoms with Crippen molar-refractivity contribution in [2.45, 2.75) is 117 Å². The van der Waals surface area contributed by atoms with Gasteiger partial charge in [-0.15, -0.1) is 0 Å². The number of hydrogen-bond donors (Lipinski definition) is 0. The molecule has 0 saturated carbocycles. The van der Waals surface area contributed by atoms with Crippen LogP contribution in [0.4, 0.5) is 0 Å². The van der Waals surface area contributed by atoms with Gasteiger partial charge in [0.25, 0.3) is 0 Å². The van der Waals surface area contributed by atoms with E-state index in [0.29, 0.717) is 73.5 Å². The molecule has 0 saturated heterocycles. The number of benzene rings is 5. The molecule has 5 heteroatoms. The summed E-state index contributed by atoms with van der Waals surface area (Å²) in [6.45, 7) is -2.48. The van der Waals surface area contributed by atoms with Crippen molar-refractivity contribution >= 4 is 0 Å². The maximum atomic E-state index is 8.40. The van der Waals surface area contributed by atoms with E-state index in [-0.39, 0.29) is 93.4 Å². The minimum atomic E-state index is -2.55. The third-order valence-electron chi connectivity index (χ3n) is 13.3. The molecule has 5 aromatic carbocycles. The molecule has 0 N–H and O–H groups in total. The number of hydrogen-bond acceptors (Lipinski definition) is 0. The Bertz CT molecular complexity index is 5120. The van der Waals surface area contributed by atoms with E-state index in [2.05, 4.69) is 0 Å². The molecule has 10 rings (SSSR count). The topological polar surface area (TPSA) is 19.4 Å². The highest BCUT2D eigenvalue weighted by atomic mass is 14.9. The van der Waals surface area contributed by atoms with Crippen LogP contribution in [-0.4, -0.2) is 0 Å². The molecule has 0 amide bonds. The van der Waals surface area contributed by atoms with Gasteiger partial charge in [-0.25, -0.2) is 22.8 Å². The van der Waals surface area contributed by atoms with Crippen molar-refractivity contribution in [1.82, 2.24) is 0 Å². The monoisotopic (exact) mass is 1120 g/mol. The lowest BCUT2D eigenvalue weighted by atomic mass is 9.99. The Hall–Kier alpha value is -8.15. The van der Waals surface area contributed by atoms with Crippen LogP contribution in [0.3, 0.4) is 0 Å². The molecule has 0 aliphatic rings. The molecule has 0 aliphatic heterocycles. The van der Waals surface area contributed by atoms with Crippen LogP contribution in [-0.2, 0) is 35.2 Å². The van der Waals surface area contributed by atoms with Gasteiger partial charge in [0.2, 0.25) is 28.5 Å². The SMILES string of the molecule is [2H]c1c(C([2H])([2H])[2H])ccc(-c2ccc(C([2H])([2H])[2H])cc2C)[n+]1C.[2H]c1c(C)c(-c2ccc(C([2H])([2H])[2H])cc2C)[n+](C)c([2H])c1C([2H])([2H])[2H].[2H]c1c(C)c(C([2H])([2H])[2H])c([2H])[n+](C)c1-c1ccc(C([2H])([2H])[2H])cc1C.[2H]c1c(C)c([2H])c(-c2ccc(C([2H])([2H])[2H])cc2C)[n+](C)c1[2H].[2H]c1cc(C)cc(-c2ccc(C([2H])([2H])[2H])cc2C)[n+]1C. The molecule has 0 unspecified atom stereocenters. The lowest BCUT2D eigenvalue weighted by molar-refractivity contribution is -0.661. The van der Waals surface area contributed by atoms with Crippen molar-refractivity contribution in [3.05, 3.63) is 265 Å². The summed E-state index contributed by atoms with van der Waals surface area (Å²) in [7, 11) is 8.24. The number of aromatic nitrogens is 5. The van der Waals surface area contributed by atoms with Crippen LogP contribution in [0.1, 0.15) is 140 Å². The van der Waals surface area contributed by atoms with E-state index in [4.69, 9.17) is 45.2 Å². The highest BCUT2D eigenvalue weighted by Gasteiger charge is 2.18. The van der Waals surface area contributed by atoms with Crippen molar-refractivity contribution in [1.29, 1.82) is 0 Å². The van der Waals surface area contributed by atoms with Gasteiger partial charge >= 0.3 is 0 Å². The Morgan fingerprint density at radius 2 is 0.683 bits per heavy atom. The minimum Gasteiger partial charge on any atom is -0.201 e. The normalized spacial score (nSPS) is 17.7. The summed E-state index contributed by atoms with van der Waals surface area (Å²) < 4.78 is 261. The van der Waals surface area contributed by atoms with E-state index >= 15 is 0 Å². The van der Waals surface area contributed by atoms with Gasteiger partial charge < -0.3 is 0 Å². The zero-order valence-corrected chi connectivity index (χ0v) is 49.2. The molecular formula is C77H94N5+5. The molecule has 0 fully saturated rings. The van der Waals surface area contributed by atoms with Gasteiger partial charge in [-0.2, -0.15) is 0 Å². The van der Waals surface area contributed by atoms with E-state index < -0.39 is 54.8 Å². The molecule has 0 atom stereocenters. The second kappa shape index (κ2) is 28.0. The average Bonchev–Trinajstić information content (AvgIpc) is 0.764. The minimum absolute atomic E-state index is 0.0134. The first kappa shape index (κ1) is 31.3. The van der Waals surface area contributed by atoms with E-state index in [1.807, 2.05) is 33.0 Å². The summed E-state index contributed by atoms with van der Waals surface area (Å²) in [4.78, 5) is 0. The molecule has 5 nitrogen and oxygen atoms in total. The fraction of sp³-hybridized carbons (Fsp3) is 0.286. The second-order valence-corrected chi connectivity index (χ2v) is 20.2. The zero-order chi connectivity index (χ0) is 88.1. The van der Waals surface area contributed by atoms with Crippen LogP contribution in [0, 0.1) is 117 Å². The van der Waals surface area contributed by atoms with Crippen LogP contribution >= 0.6 is 0 Å². The molecular weight excluding hydrogens is 995 g/mol. The molecule has 10 aromatic rings. The molecule has 5 heterocycles. The van der Waals surface area contributed by atoms with Gasteiger partial charge in [0.15, 0.2) is 30.9 Å². The highest BCUT2D eigenvalue weighted by molar-refractivity contribution is 5.66. The van der Waals surface area contributed by atoms with Gasteiger partial charge in [0.1, 0.15) is 42.1 Å². The van der Waals surface area contributed by atoms with Crippen molar-refractivity contribution in [3.8, 4) is 56.3 Å². The Morgan fingerprint density at radius 3 is 1.16 bits per heavy atom. The van der Waals surface area contributed by atoms with Crippen molar-refractivity contribution in [2.75, 3.05) is 0 Å². The maximum Gasteiger partial charge on any atom is 0.215 e. The fourth-order valence-corrected chi connectivity index (χ4v) is 9.17. The van der Waals surface area contributed by atoms with Crippen LogP contribution in [0.25, 0.3) is 56.3 Å². The Balaban J connectivity index is 0.000000224. The van der Waals surface area contributed by atoms with Gasteiger partial charge in [-0.1, -0.05) is 88.5 Å². The first-order valence-corrected chi connectivity index (χ1v) is 26.2. The molecule has 0 bridgehead atoms. The van der Waals surface area contributed by atoms with Gasteiger partial charge in [0.05, 0.1) is 5.48 Å². The summed E-state index contributed by atoms with van der Waals surface area (Å²) in [5.74, 6) is 0. The Labute approximate surface area is 541 Å². The smallest absolute Gasteiger partial charge is 0.201 e. The summed E-state index contributed by atoms with van der Waals surface area (Å²) >= 11 is 0. The van der Waals surface area contributed by atoms with Crippen molar-refractivity contribution < 1.29 is 68.1 Å². The predicted molar refractivity (Wildman–Crippen MR) is 346 cm³/mol. The van der Waals surface area contributed by atoms with Crippen molar-refractivity contribution in [2.24, 2.45) is 35.2 Å². The van der Waals surface area contributed by atoms with Crippen molar-refractivity contribution in [3.63, 3.8) is 0 Å². The summed E-state index contributed by atoms with van der Waals surface area (Å²) in [6.07, 6.45) is -0.0448. The molecule has 82 heavy (non-hydrogen) atoms. The number of nitrogens with zero attached hydrogens (tertiary/aromatic N) is 5. The van der Waals surface area contributed by atoms with Crippen LogP contribution in [0.15, 0.2) is 170 Å². The number of pyridine rings is 5. The largest absolute Gasteiger partial charge is 0.215 e. The van der Waals surface area contributed by atoms with Gasteiger partial charge in [-0.05, 0) is 204 Å². The summed E-state index contributed by atoms with van der Waals surface area (Å²) in [5.41, 5.74) is 13.4. The average molecular weight is 1120 g/mol. The van der Waals surface area contributed by atoms with E-state index in [1.54, 1.807) is 147 Å². The number of aryl methyl sites for hydroxylation is 12. The summed E-state index contributed by atoms with van der Waals surface area (Å²) in [6, 6.07) is 31.1. The van der Waals surface area contributed by atoms with Crippen LogP contribution < -0.4 is 22.8 Å². The third-order valence-corrected chi connectivity index (χ3v) is 13.3. The van der Waals surface area contributed by atoms with E-state index in [0.717, 1.165) is 39.1 Å². The zero-order valence-electron chi connectivity index (χ0n) is 82.2. The molecule has 422 valence electrons. The quantitative estimate of drug-likeness (QED) is 0.153. The number of rotatable bonds is 5. The van der Waals surface area contributed by atoms with E-state index in [9.17, 15) is 0 Å². The van der Waals surface area contributed by atoms with Crippen LogP contribution in [0.5, 0.6) is 0 Å². The lowest BCUT2D eigenvalue weighted by Gasteiger charge is -2.08. The third kappa shape index (κ3) is 16.5. The van der Waals surface area contributed by atoms with E-state index in [1.165, 1.54) is 55.5 Å². The standard InChI is InChI=1S/2C16H20N.3C15H18N/c1-11-6-7-15(13(3)8-11)16-9-12(2)14(4)10-17(16)5;1-11-6-7-15(13(3)8-11)16-14(4)9-12(2)10-17(16)5;1-11-5-7-14(13(3)9-11)15-8-6-12(2)10-16(15)4;2*1-11-5-6-14(13(3)9-11)15-10-12(2)7-8-16(15)4/h2*6-10H,1-5H3;3*5-10H,1-4H3/q5*+1/i1D3,4D3,9D,10D;1D3,2D3,9D,10D;1D3,2D3,10D;1D3,7D,8D,10D;1D3,8D. The lowest BCUT2D eigenvalue weighted by Crippen LogP contribution is -2.32. The van der Waals surface area contributed by atoms with Gasteiger partial charge in [0, 0.05) is 119 Å². The maximum absolute atomic E-state index is 8.40. The molecule has 5 aromatic heterocycles. The van der Waals surface area contributed by atoms with Gasteiger partial charge in [-0.3, -0.25) is 0 Å². The van der Waals surface area contributed by atoms with Crippen LogP contribution in [0.2, 0.25) is 0 Å². The Morgan fingerprint density at radius 1 is 0.268 bits per heavy atom. The highest BCUT2D eigenvalue weighted by Crippen LogP contribution is 2.27. The second-order valence-electron chi connectivity index (χ2n) is 20.2. The fourth-order valence-electron chi connectivity index (χ4n) is 9.17. The predicted octanol–water partition coefficient (Wildman–Crippen LogP) is 16.1. The summed E-state index contributed by atoms with van der Waals surface area (Å²) in [5, 5.41) is 0. The molecule has 0 aliphatic carbocycles. The Kier molecular flexibility index (Phi) is 10.7. The first-order valence-electron chi connectivity index (χ1n) is 42.7. The molecule has 0 radical (unpaired) electrons. The first-order chi connectivity index (χ1) is 52.2. The molecule has 0 spiro atoms.